The molecule has 1 amide bonds. The monoisotopic (exact) mass is 373 g/mol. The molecule has 7 heteroatoms. The third kappa shape index (κ3) is 4.84. The Morgan fingerprint density at radius 2 is 2.08 bits per heavy atom. The maximum atomic E-state index is 12.1. The second kappa shape index (κ2) is 8.18. The van der Waals surface area contributed by atoms with Crippen LogP contribution in [0.2, 0.25) is 5.02 Å². The maximum absolute atomic E-state index is 12.1. The molecule has 0 spiro atoms. The van der Waals surface area contributed by atoms with E-state index in [0.29, 0.717) is 16.6 Å². The van der Waals surface area contributed by atoms with E-state index in [2.05, 4.69) is 15.5 Å². The molecule has 5 nitrogen and oxygen atoms in total. The Morgan fingerprint density at radius 1 is 1.28 bits per heavy atom. The number of methoxy groups -OCH3 is 1. The van der Waals surface area contributed by atoms with Crippen molar-refractivity contribution >= 4 is 40.7 Å². The molecule has 128 valence electrons. The van der Waals surface area contributed by atoms with E-state index in [0.717, 1.165) is 16.9 Å². The molecule has 3 rings (SSSR count). The second-order valence-corrected chi connectivity index (χ2v) is 6.98. The Bertz CT molecular complexity index is 821. The van der Waals surface area contributed by atoms with Crippen LogP contribution >= 0.6 is 23.4 Å². The lowest BCUT2D eigenvalue weighted by Gasteiger charge is -2.05. The van der Waals surface area contributed by atoms with E-state index >= 15 is 0 Å². The summed E-state index contributed by atoms with van der Waals surface area (Å²) in [5.74, 6) is 0.717. The summed E-state index contributed by atoms with van der Waals surface area (Å²) >= 11 is 7.36. The largest absolute Gasteiger partial charge is 0.497 e. The number of nitrogens with zero attached hydrogens (tertiary/aromatic N) is 2. The van der Waals surface area contributed by atoms with Crippen LogP contribution in [0, 0.1) is 0 Å². The van der Waals surface area contributed by atoms with Crippen molar-refractivity contribution in [3.8, 4) is 5.75 Å². The first-order chi connectivity index (χ1) is 12.1. The summed E-state index contributed by atoms with van der Waals surface area (Å²) in [6, 6.07) is 15.0. The highest BCUT2D eigenvalue weighted by atomic mass is 35.5. The third-order valence-corrected chi connectivity index (χ3v) is 4.87. The molecule has 1 unspecified atom stereocenters. The predicted octanol–water partition coefficient (Wildman–Crippen LogP) is 3.51. The van der Waals surface area contributed by atoms with E-state index in [4.69, 9.17) is 16.3 Å². The Hall–Kier alpha value is -2.31. The van der Waals surface area contributed by atoms with Gasteiger partial charge in [-0.3, -0.25) is 4.79 Å². The summed E-state index contributed by atoms with van der Waals surface area (Å²) in [4.78, 5) is 12.1. The van der Waals surface area contributed by atoms with Gasteiger partial charge in [0.25, 0.3) is 0 Å². The number of halogens is 1. The molecule has 0 saturated carbocycles. The Balaban J connectivity index is 1.61. The molecule has 1 atom stereocenters. The molecule has 25 heavy (non-hydrogen) atoms. The maximum Gasteiger partial charge on any atom is 0.239 e. The number of hydrogen-bond acceptors (Lipinski definition) is 5. The Kier molecular flexibility index (Phi) is 5.73. The first-order valence-corrected chi connectivity index (χ1v) is 8.87. The number of amidine groups is 1. The van der Waals surface area contributed by atoms with E-state index in [9.17, 15) is 4.79 Å². The highest BCUT2D eigenvalue weighted by Gasteiger charge is 2.30. The number of nitrogens with one attached hydrogen (secondary N) is 1. The van der Waals surface area contributed by atoms with Crippen LogP contribution in [0.1, 0.15) is 11.1 Å². The number of rotatable bonds is 5. The minimum atomic E-state index is -0.228. The predicted molar refractivity (Wildman–Crippen MR) is 103 cm³/mol. The number of benzene rings is 2. The van der Waals surface area contributed by atoms with E-state index in [1.807, 2.05) is 48.5 Å². The number of ether oxygens (including phenoxy) is 1. The van der Waals surface area contributed by atoms with Gasteiger partial charge in [0.15, 0.2) is 5.17 Å². The molecule has 2 aromatic carbocycles. The minimum Gasteiger partial charge on any atom is -0.497 e. The molecular formula is C18H16ClN3O2S. The molecule has 0 aliphatic carbocycles. The summed E-state index contributed by atoms with van der Waals surface area (Å²) in [6.45, 7) is 0. The van der Waals surface area contributed by atoms with Gasteiger partial charge in [-0.1, -0.05) is 35.5 Å². The van der Waals surface area contributed by atoms with Crippen LogP contribution in [0.3, 0.4) is 0 Å². The van der Waals surface area contributed by atoms with Gasteiger partial charge in [-0.15, -0.1) is 5.10 Å². The first-order valence-electron chi connectivity index (χ1n) is 7.61. The smallest absolute Gasteiger partial charge is 0.239 e. The van der Waals surface area contributed by atoms with Crippen molar-refractivity contribution < 1.29 is 9.53 Å². The van der Waals surface area contributed by atoms with Crippen molar-refractivity contribution in [1.29, 1.82) is 0 Å². The van der Waals surface area contributed by atoms with Crippen LogP contribution in [0.5, 0.6) is 5.75 Å². The average molecular weight is 374 g/mol. The van der Waals surface area contributed by atoms with Crippen molar-refractivity contribution in [2.75, 3.05) is 7.11 Å². The highest BCUT2D eigenvalue weighted by molar-refractivity contribution is 8.15. The van der Waals surface area contributed by atoms with Gasteiger partial charge >= 0.3 is 0 Å². The fourth-order valence-corrected chi connectivity index (χ4v) is 3.48. The zero-order valence-electron chi connectivity index (χ0n) is 13.5. The fourth-order valence-electron chi connectivity index (χ4n) is 2.30. The normalized spacial score (nSPS) is 18.7. The zero-order chi connectivity index (χ0) is 17.6. The van der Waals surface area contributed by atoms with Gasteiger partial charge in [-0.05, 0) is 53.9 Å². The van der Waals surface area contributed by atoms with E-state index < -0.39 is 0 Å². The van der Waals surface area contributed by atoms with Crippen LogP contribution < -0.4 is 10.1 Å². The molecule has 1 aliphatic rings. The van der Waals surface area contributed by atoms with Crippen molar-refractivity contribution in [3.05, 3.63) is 64.7 Å². The minimum absolute atomic E-state index is 0.0663. The Morgan fingerprint density at radius 3 is 2.80 bits per heavy atom. The number of carbonyl (C=O) groups excluding carboxylic acids is 1. The third-order valence-electron chi connectivity index (χ3n) is 3.56. The molecule has 1 heterocycles. The summed E-state index contributed by atoms with van der Waals surface area (Å²) in [5.41, 5.74) is 1.91. The molecule has 2 aromatic rings. The van der Waals surface area contributed by atoms with E-state index in [1.165, 1.54) is 11.8 Å². The molecule has 1 fully saturated rings. The second-order valence-electron chi connectivity index (χ2n) is 5.35. The van der Waals surface area contributed by atoms with Gasteiger partial charge in [-0.25, -0.2) is 0 Å². The van der Waals surface area contributed by atoms with Crippen LogP contribution in [0.4, 0.5) is 0 Å². The summed E-state index contributed by atoms with van der Waals surface area (Å²) in [5, 5.41) is 11.8. The number of amides is 1. The molecule has 1 N–H and O–H groups in total. The van der Waals surface area contributed by atoms with E-state index in [-0.39, 0.29) is 11.2 Å². The van der Waals surface area contributed by atoms with Gasteiger partial charge in [0.2, 0.25) is 5.91 Å². The van der Waals surface area contributed by atoms with Gasteiger partial charge in [0, 0.05) is 5.02 Å². The fraction of sp³-hybridized carbons (Fsp3) is 0.167. The van der Waals surface area contributed by atoms with Gasteiger partial charge in [-0.2, -0.15) is 5.10 Å². The lowest BCUT2D eigenvalue weighted by atomic mass is 10.1. The molecule has 1 saturated heterocycles. The molecular weight excluding hydrogens is 358 g/mol. The highest BCUT2D eigenvalue weighted by Crippen LogP contribution is 2.24. The van der Waals surface area contributed by atoms with Gasteiger partial charge < -0.3 is 10.1 Å². The number of carbonyl (C=O) groups is 1. The van der Waals surface area contributed by atoms with Crippen molar-refractivity contribution in [2.45, 2.75) is 11.7 Å². The van der Waals surface area contributed by atoms with E-state index in [1.54, 1.807) is 13.3 Å². The average Bonchev–Trinajstić information content (AvgIpc) is 2.95. The number of hydrogen-bond donors (Lipinski definition) is 1. The van der Waals surface area contributed by atoms with Crippen molar-refractivity contribution in [3.63, 3.8) is 0 Å². The zero-order valence-corrected chi connectivity index (χ0v) is 15.1. The Labute approximate surface area is 155 Å². The van der Waals surface area contributed by atoms with Crippen LogP contribution in [0.15, 0.2) is 58.7 Å². The van der Waals surface area contributed by atoms with Crippen molar-refractivity contribution in [1.82, 2.24) is 5.32 Å². The molecule has 0 bridgehead atoms. The summed E-state index contributed by atoms with van der Waals surface area (Å²) in [6.07, 6.45) is 2.22. The SMILES string of the molecule is COc1ccc(/C=N/N=C2\NC(=O)C(Cc3cccc(Cl)c3)S2)cc1. The topological polar surface area (TPSA) is 63.1 Å². The van der Waals surface area contributed by atoms with Crippen molar-refractivity contribution in [2.24, 2.45) is 10.2 Å². The van der Waals surface area contributed by atoms with Crippen LogP contribution in [-0.4, -0.2) is 29.6 Å². The lowest BCUT2D eigenvalue weighted by Crippen LogP contribution is -2.25. The summed E-state index contributed by atoms with van der Waals surface area (Å²) in [7, 11) is 1.62. The lowest BCUT2D eigenvalue weighted by molar-refractivity contribution is -0.118. The van der Waals surface area contributed by atoms with Crippen LogP contribution in [0.25, 0.3) is 0 Å². The molecule has 1 aliphatic heterocycles. The first kappa shape index (κ1) is 17.5. The summed E-state index contributed by atoms with van der Waals surface area (Å²) < 4.78 is 5.10. The molecule has 0 aromatic heterocycles. The van der Waals surface area contributed by atoms with Gasteiger partial charge in [0.1, 0.15) is 5.75 Å². The number of thioether (sulfide) groups is 1. The quantitative estimate of drug-likeness (QED) is 0.644. The molecule has 0 radical (unpaired) electrons. The van der Waals surface area contributed by atoms with Gasteiger partial charge in [0.05, 0.1) is 18.6 Å². The standard InChI is InChI=1S/C18H16ClN3O2S/c1-24-15-7-5-12(6-8-15)11-20-22-18-21-17(23)16(25-18)10-13-3-2-4-14(19)9-13/h2-9,11,16H,10H2,1H3,(H,21,22,23)/b20-11+. The van der Waals surface area contributed by atoms with Crippen LogP contribution in [-0.2, 0) is 11.2 Å².